The molecule has 1 amide bonds. The van der Waals surface area contributed by atoms with E-state index >= 15 is 0 Å². The zero-order valence-electron chi connectivity index (χ0n) is 17.1. The van der Waals surface area contributed by atoms with E-state index in [9.17, 15) is 13.2 Å². The van der Waals surface area contributed by atoms with Gasteiger partial charge in [-0.05, 0) is 41.1 Å². The number of rotatable bonds is 8. The molecule has 0 fully saturated rings. The maximum atomic E-state index is 12.1. The Balaban J connectivity index is 1.79. The number of benzene rings is 2. The Morgan fingerprint density at radius 2 is 1.43 bits per heavy atom. The molecule has 0 saturated carbocycles. The van der Waals surface area contributed by atoms with Crippen LogP contribution in [-0.2, 0) is 39.0 Å². The minimum atomic E-state index is -3.28. The molecule has 28 heavy (non-hydrogen) atoms. The summed E-state index contributed by atoms with van der Waals surface area (Å²) in [6.45, 7) is 6.98. The molecule has 2 rings (SSSR count). The Morgan fingerprint density at radius 3 is 1.96 bits per heavy atom. The predicted octanol–water partition coefficient (Wildman–Crippen LogP) is 3.28. The van der Waals surface area contributed by atoms with E-state index < -0.39 is 10.0 Å². The van der Waals surface area contributed by atoms with Crippen LogP contribution in [0.5, 0.6) is 0 Å². The molecule has 0 aliphatic carbocycles. The molecule has 0 unspecified atom stereocenters. The van der Waals surface area contributed by atoms with Crippen molar-refractivity contribution in [2.45, 2.75) is 51.3 Å². The minimum absolute atomic E-state index is 0.00161. The van der Waals surface area contributed by atoms with Gasteiger partial charge in [-0.25, -0.2) is 13.1 Å². The largest absolute Gasteiger partial charge is 0.352 e. The molecule has 6 heteroatoms. The van der Waals surface area contributed by atoms with Crippen molar-refractivity contribution in [2.75, 3.05) is 7.05 Å². The van der Waals surface area contributed by atoms with Crippen LogP contribution < -0.4 is 10.0 Å². The first-order valence-corrected chi connectivity index (χ1v) is 11.1. The molecule has 0 heterocycles. The maximum absolute atomic E-state index is 12.1. The van der Waals surface area contributed by atoms with Gasteiger partial charge in [0.2, 0.25) is 15.9 Å². The summed E-state index contributed by atoms with van der Waals surface area (Å²) in [6.07, 6.45) is 1.14. The van der Waals surface area contributed by atoms with Crippen LogP contribution in [0.1, 0.15) is 49.4 Å². The number of carbonyl (C=O) groups is 1. The Kier molecular flexibility index (Phi) is 7.38. The van der Waals surface area contributed by atoms with Gasteiger partial charge in [-0.15, -0.1) is 0 Å². The Labute approximate surface area is 168 Å². The SMILES string of the molecule is CNS(=O)(=O)Cc1ccc(CNC(=O)CCc2ccc(C(C)(C)C)cc2)cc1. The van der Waals surface area contributed by atoms with Crippen molar-refractivity contribution in [1.82, 2.24) is 10.0 Å². The summed E-state index contributed by atoms with van der Waals surface area (Å²) in [7, 11) is -1.87. The summed E-state index contributed by atoms with van der Waals surface area (Å²) in [6, 6.07) is 15.7. The molecular weight excluding hydrogens is 372 g/mol. The highest BCUT2D eigenvalue weighted by atomic mass is 32.2. The van der Waals surface area contributed by atoms with Crippen LogP contribution >= 0.6 is 0 Å². The third kappa shape index (κ3) is 7.09. The minimum Gasteiger partial charge on any atom is -0.352 e. The summed E-state index contributed by atoms with van der Waals surface area (Å²) in [5.41, 5.74) is 4.21. The van der Waals surface area contributed by atoms with Crippen LogP contribution in [0.3, 0.4) is 0 Å². The third-order valence-corrected chi connectivity index (χ3v) is 5.98. The molecule has 0 radical (unpaired) electrons. The normalized spacial score (nSPS) is 12.0. The van der Waals surface area contributed by atoms with E-state index in [4.69, 9.17) is 0 Å². The lowest BCUT2D eigenvalue weighted by Gasteiger charge is -2.19. The molecule has 2 aromatic carbocycles. The van der Waals surface area contributed by atoms with Crippen molar-refractivity contribution >= 4 is 15.9 Å². The molecule has 152 valence electrons. The number of hydrogen-bond donors (Lipinski definition) is 2. The van der Waals surface area contributed by atoms with Crippen molar-refractivity contribution in [1.29, 1.82) is 0 Å². The summed E-state index contributed by atoms with van der Waals surface area (Å²) in [4.78, 5) is 12.1. The number of hydrogen-bond acceptors (Lipinski definition) is 3. The Bertz CT molecular complexity index is 881. The monoisotopic (exact) mass is 402 g/mol. The summed E-state index contributed by atoms with van der Waals surface area (Å²) in [5, 5.41) is 2.91. The molecule has 2 aromatic rings. The van der Waals surface area contributed by atoms with E-state index in [1.807, 2.05) is 12.1 Å². The van der Waals surface area contributed by atoms with E-state index in [0.29, 0.717) is 24.9 Å². The summed E-state index contributed by atoms with van der Waals surface area (Å²) >= 11 is 0. The number of sulfonamides is 1. The van der Waals surface area contributed by atoms with Crippen LogP contribution in [0.4, 0.5) is 0 Å². The lowest BCUT2D eigenvalue weighted by molar-refractivity contribution is -0.121. The molecule has 0 aromatic heterocycles. The Morgan fingerprint density at radius 1 is 0.893 bits per heavy atom. The van der Waals surface area contributed by atoms with E-state index in [-0.39, 0.29) is 17.1 Å². The lowest BCUT2D eigenvalue weighted by atomic mass is 9.86. The highest BCUT2D eigenvalue weighted by Gasteiger charge is 2.13. The first-order valence-electron chi connectivity index (χ1n) is 9.44. The van der Waals surface area contributed by atoms with Crippen molar-refractivity contribution in [2.24, 2.45) is 0 Å². The molecule has 0 aliphatic heterocycles. The van der Waals surface area contributed by atoms with E-state index in [1.165, 1.54) is 12.6 Å². The topological polar surface area (TPSA) is 75.3 Å². The third-order valence-electron chi connectivity index (χ3n) is 4.64. The fraction of sp³-hybridized carbons (Fsp3) is 0.409. The van der Waals surface area contributed by atoms with Crippen LogP contribution in [0.15, 0.2) is 48.5 Å². The van der Waals surface area contributed by atoms with Gasteiger partial charge < -0.3 is 5.32 Å². The molecule has 0 spiro atoms. The standard InChI is InChI=1S/C22H30N2O3S/c1-22(2,3)20-12-9-17(10-13-20)11-14-21(25)24-15-18-5-7-19(8-6-18)16-28(26,27)23-4/h5-10,12-13,23H,11,14-16H2,1-4H3,(H,24,25). The van der Waals surface area contributed by atoms with Gasteiger partial charge in [0.05, 0.1) is 5.75 Å². The van der Waals surface area contributed by atoms with Crippen molar-refractivity contribution in [3.8, 4) is 0 Å². The average molecular weight is 403 g/mol. The molecule has 0 aliphatic rings. The van der Waals surface area contributed by atoms with E-state index in [2.05, 4.69) is 55.1 Å². The second kappa shape index (κ2) is 9.34. The number of aryl methyl sites for hydroxylation is 1. The molecule has 5 nitrogen and oxygen atoms in total. The quantitative estimate of drug-likeness (QED) is 0.711. The van der Waals surface area contributed by atoms with Gasteiger partial charge in [0.1, 0.15) is 0 Å². The smallest absolute Gasteiger partial charge is 0.220 e. The number of amides is 1. The van der Waals surface area contributed by atoms with Gasteiger partial charge in [-0.2, -0.15) is 0 Å². The van der Waals surface area contributed by atoms with Gasteiger partial charge in [0, 0.05) is 13.0 Å². The fourth-order valence-corrected chi connectivity index (χ4v) is 3.54. The van der Waals surface area contributed by atoms with Crippen molar-refractivity contribution < 1.29 is 13.2 Å². The summed E-state index contributed by atoms with van der Waals surface area (Å²) in [5.74, 6) is -0.0498. The van der Waals surface area contributed by atoms with Gasteiger partial charge in [-0.3, -0.25) is 4.79 Å². The zero-order chi connectivity index (χ0) is 20.8. The predicted molar refractivity (Wildman–Crippen MR) is 113 cm³/mol. The first kappa shape index (κ1) is 22.1. The van der Waals surface area contributed by atoms with Crippen LogP contribution in [0.25, 0.3) is 0 Å². The Hall–Kier alpha value is -2.18. The number of nitrogens with one attached hydrogen (secondary N) is 2. The second-order valence-electron chi connectivity index (χ2n) is 8.00. The number of carbonyl (C=O) groups excluding carboxylic acids is 1. The van der Waals surface area contributed by atoms with Crippen LogP contribution in [-0.4, -0.2) is 21.4 Å². The summed E-state index contributed by atoms with van der Waals surface area (Å²) < 4.78 is 25.4. The van der Waals surface area contributed by atoms with Gasteiger partial charge in [0.25, 0.3) is 0 Å². The van der Waals surface area contributed by atoms with Crippen molar-refractivity contribution in [3.05, 3.63) is 70.8 Å². The fourth-order valence-electron chi connectivity index (χ4n) is 2.76. The van der Waals surface area contributed by atoms with E-state index in [0.717, 1.165) is 11.1 Å². The zero-order valence-corrected chi connectivity index (χ0v) is 17.9. The first-order chi connectivity index (χ1) is 13.1. The van der Waals surface area contributed by atoms with E-state index in [1.54, 1.807) is 12.1 Å². The second-order valence-corrected chi connectivity index (χ2v) is 9.93. The van der Waals surface area contributed by atoms with Crippen molar-refractivity contribution in [3.63, 3.8) is 0 Å². The maximum Gasteiger partial charge on any atom is 0.220 e. The molecule has 2 N–H and O–H groups in total. The molecule has 0 bridgehead atoms. The van der Waals surface area contributed by atoms with Crippen LogP contribution in [0, 0.1) is 0 Å². The highest BCUT2D eigenvalue weighted by molar-refractivity contribution is 7.88. The average Bonchev–Trinajstić information content (AvgIpc) is 2.65. The van der Waals surface area contributed by atoms with Gasteiger partial charge in [-0.1, -0.05) is 69.3 Å². The van der Waals surface area contributed by atoms with Gasteiger partial charge in [0.15, 0.2) is 0 Å². The lowest BCUT2D eigenvalue weighted by Crippen LogP contribution is -2.23. The van der Waals surface area contributed by atoms with Crippen LogP contribution in [0.2, 0.25) is 0 Å². The molecular formula is C22H30N2O3S. The molecule has 0 atom stereocenters. The molecule has 0 saturated heterocycles. The highest BCUT2D eigenvalue weighted by Crippen LogP contribution is 2.22. The van der Waals surface area contributed by atoms with Gasteiger partial charge >= 0.3 is 0 Å².